The Balaban J connectivity index is 1.53. The molecule has 4 fully saturated rings. The molecule has 4 rings (SSSR count). The molecule has 0 aromatic rings. The van der Waals surface area contributed by atoms with Gasteiger partial charge in [0.05, 0.1) is 36.4 Å². The Morgan fingerprint density at radius 1 is 1.21 bits per heavy atom. The van der Waals surface area contributed by atoms with Gasteiger partial charge in [-0.05, 0) is 38.3 Å². The van der Waals surface area contributed by atoms with E-state index in [9.17, 15) is 19.5 Å². The lowest BCUT2D eigenvalue weighted by Crippen LogP contribution is -2.41. The highest BCUT2D eigenvalue weighted by Crippen LogP contribution is 2.63. The Kier molecular flexibility index (Phi) is 6.54. The van der Waals surface area contributed by atoms with E-state index in [-0.39, 0.29) is 41.3 Å². The van der Waals surface area contributed by atoms with Gasteiger partial charge < -0.3 is 29.2 Å². The van der Waals surface area contributed by atoms with Gasteiger partial charge >= 0.3 is 17.9 Å². The van der Waals surface area contributed by atoms with Gasteiger partial charge in [0.25, 0.3) is 0 Å². The van der Waals surface area contributed by atoms with E-state index in [0.717, 1.165) is 12.0 Å². The fraction of sp³-hybridized carbons (Fsp3) is 0.560. The Hall–Kier alpha value is -2.75. The maximum absolute atomic E-state index is 13.0. The molecule has 4 aliphatic rings. The van der Waals surface area contributed by atoms with E-state index in [0.29, 0.717) is 6.42 Å². The molecule has 184 valence electrons. The van der Waals surface area contributed by atoms with E-state index in [1.54, 1.807) is 0 Å². The van der Waals surface area contributed by atoms with Crippen molar-refractivity contribution in [3.05, 3.63) is 47.6 Å². The number of ether oxygens (including phenoxy) is 4. The predicted octanol–water partition coefficient (Wildman–Crippen LogP) is 1.15. The maximum Gasteiger partial charge on any atom is 0.337 e. The molecule has 9 heteroatoms. The Labute approximate surface area is 197 Å². The maximum atomic E-state index is 13.0. The summed E-state index contributed by atoms with van der Waals surface area (Å²) in [5.41, 5.74) is 0.874. The summed E-state index contributed by atoms with van der Waals surface area (Å²) in [5, 5.41) is 18.3. The van der Waals surface area contributed by atoms with Gasteiger partial charge in [-0.25, -0.2) is 14.4 Å². The topological polar surface area (TPSA) is 132 Å². The molecule has 7 unspecified atom stereocenters. The minimum absolute atomic E-state index is 0.0485. The van der Waals surface area contributed by atoms with Crippen LogP contribution in [0.1, 0.15) is 26.7 Å². The SMILES string of the molecule is C=C1CC(OC(=O)C(=CCO)COC(=O)C(C)=CCO)C2C(=C)C(=O)OC2C2C1CC1OC12C. The summed E-state index contributed by atoms with van der Waals surface area (Å²) < 4.78 is 22.6. The third-order valence-electron chi connectivity index (χ3n) is 7.48. The average molecular weight is 475 g/mol. The second-order valence-corrected chi connectivity index (χ2v) is 9.44. The van der Waals surface area contributed by atoms with Crippen LogP contribution in [0.25, 0.3) is 0 Å². The second-order valence-electron chi connectivity index (χ2n) is 9.44. The molecule has 0 aromatic carbocycles. The summed E-state index contributed by atoms with van der Waals surface area (Å²) in [6.45, 7) is 10.4. The molecule has 2 heterocycles. The highest BCUT2D eigenvalue weighted by Gasteiger charge is 2.71. The summed E-state index contributed by atoms with van der Waals surface area (Å²) in [5.74, 6) is -2.59. The molecule has 7 atom stereocenters. The Bertz CT molecular complexity index is 992. The molecular formula is C25H30O9. The van der Waals surface area contributed by atoms with Gasteiger partial charge in [0.15, 0.2) is 0 Å². The number of epoxide rings is 1. The van der Waals surface area contributed by atoms with Crippen LogP contribution in [0, 0.1) is 17.8 Å². The summed E-state index contributed by atoms with van der Waals surface area (Å²) >= 11 is 0. The van der Waals surface area contributed by atoms with Crippen molar-refractivity contribution in [2.24, 2.45) is 17.8 Å². The number of carbonyl (C=O) groups is 3. The van der Waals surface area contributed by atoms with Crippen LogP contribution in [-0.2, 0) is 33.3 Å². The number of carbonyl (C=O) groups excluding carboxylic acids is 3. The zero-order valence-corrected chi connectivity index (χ0v) is 19.3. The molecule has 0 amide bonds. The zero-order valence-electron chi connectivity index (χ0n) is 19.3. The van der Waals surface area contributed by atoms with Crippen LogP contribution in [0.2, 0.25) is 0 Å². The van der Waals surface area contributed by atoms with Gasteiger partial charge in [0, 0.05) is 23.5 Å². The molecule has 2 aliphatic heterocycles. The molecule has 2 saturated carbocycles. The summed E-state index contributed by atoms with van der Waals surface area (Å²) in [4.78, 5) is 37.5. The molecule has 9 nitrogen and oxygen atoms in total. The van der Waals surface area contributed by atoms with Gasteiger partial charge in [0.2, 0.25) is 0 Å². The van der Waals surface area contributed by atoms with Crippen LogP contribution < -0.4 is 0 Å². The van der Waals surface area contributed by atoms with Crippen molar-refractivity contribution >= 4 is 17.9 Å². The number of fused-ring (bicyclic) bond motifs is 5. The first-order valence-corrected chi connectivity index (χ1v) is 11.3. The molecule has 2 N–H and O–H groups in total. The molecule has 34 heavy (non-hydrogen) atoms. The van der Waals surface area contributed by atoms with Gasteiger partial charge in [0.1, 0.15) is 18.8 Å². The molecular weight excluding hydrogens is 444 g/mol. The van der Waals surface area contributed by atoms with E-state index in [2.05, 4.69) is 13.2 Å². The normalized spacial score (nSPS) is 36.8. The van der Waals surface area contributed by atoms with Crippen LogP contribution in [0.15, 0.2) is 47.6 Å². The molecule has 0 radical (unpaired) electrons. The number of rotatable bonds is 7. The molecule has 2 aliphatic carbocycles. The lowest BCUT2D eigenvalue weighted by molar-refractivity contribution is -0.150. The third kappa shape index (κ3) is 4.12. The fourth-order valence-electron chi connectivity index (χ4n) is 5.59. The van der Waals surface area contributed by atoms with Crippen LogP contribution in [0.3, 0.4) is 0 Å². The third-order valence-corrected chi connectivity index (χ3v) is 7.48. The van der Waals surface area contributed by atoms with Crippen molar-refractivity contribution in [2.45, 2.75) is 50.6 Å². The lowest BCUT2D eigenvalue weighted by Gasteiger charge is -2.31. The average Bonchev–Trinajstić information content (AvgIpc) is 3.25. The quantitative estimate of drug-likeness (QED) is 0.183. The van der Waals surface area contributed by atoms with Crippen molar-refractivity contribution in [1.29, 1.82) is 0 Å². The van der Waals surface area contributed by atoms with Crippen molar-refractivity contribution in [2.75, 3.05) is 19.8 Å². The predicted molar refractivity (Wildman–Crippen MR) is 118 cm³/mol. The highest BCUT2D eigenvalue weighted by molar-refractivity contribution is 5.93. The minimum atomic E-state index is -0.784. The monoisotopic (exact) mass is 474 g/mol. The summed E-state index contributed by atoms with van der Waals surface area (Å²) in [7, 11) is 0. The number of hydrogen-bond acceptors (Lipinski definition) is 9. The first-order valence-electron chi connectivity index (χ1n) is 11.3. The van der Waals surface area contributed by atoms with Gasteiger partial charge in [-0.2, -0.15) is 0 Å². The van der Waals surface area contributed by atoms with Crippen molar-refractivity contribution in [1.82, 2.24) is 0 Å². The number of aliphatic hydroxyl groups is 2. The van der Waals surface area contributed by atoms with Crippen LogP contribution in [0.5, 0.6) is 0 Å². The van der Waals surface area contributed by atoms with Crippen molar-refractivity contribution < 1.29 is 43.5 Å². The molecule has 0 bridgehead atoms. The largest absolute Gasteiger partial charge is 0.458 e. The van der Waals surface area contributed by atoms with Gasteiger partial charge in [-0.15, -0.1) is 0 Å². The second kappa shape index (κ2) is 9.13. The van der Waals surface area contributed by atoms with E-state index in [4.69, 9.17) is 24.1 Å². The van der Waals surface area contributed by atoms with Crippen molar-refractivity contribution in [3.63, 3.8) is 0 Å². The van der Waals surface area contributed by atoms with E-state index >= 15 is 0 Å². The molecule has 0 spiro atoms. The Morgan fingerprint density at radius 3 is 2.59 bits per heavy atom. The first kappa shape index (κ1) is 24.4. The minimum Gasteiger partial charge on any atom is -0.458 e. The highest BCUT2D eigenvalue weighted by atomic mass is 16.6. The Morgan fingerprint density at radius 2 is 1.91 bits per heavy atom. The summed E-state index contributed by atoms with van der Waals surface area (Å²) in [6.07, 6.45) is 2.38. The standard InChI is InChI=1S/C25H30O9/c1-12(5-7-26)22(28)31-11-15(6-8-27)24(30)32-17-9-13(2)16-10-18-25(4,34-18)20(16)21-19(17)14(3)23(29)33-21/h5-6,16-21,26-27H,2-3,7-11H2,1,4H3. The van der Waals surface area contributed by atoms with E-state index < -0.39 is 54.8 Å². The molecule has 0 aromatic heterocycles. The van der Waals surface area contributed by atoms with E-state index in [1.165, 1.54) is 19.1 Å². The lowest BCUT2D eigenvalue weighted by atomic mass is 9.78. The number of esters is 3. The van der Waals surface area contributed by atoms with Crippen molar-refractivity contribution in [3.8, 4) is 0 Å². The smallest absolute Gasteiger partial charge is 0.337 e. The number of hydrogen-bond donors (Lipinski definition) is 2. The van der Waals surface area contributed by atoms with E-state index in [1.807, 2.05) is 6.92 Å². The fourth-order valence-corrected chi connectivity index (χ4v) is 5.59. The van der Waals surface area contributed by atoms with Gasteiger partial charge in [-0.1, -0.05) is 18.7 Å². The molecule has 2 saturated heterocycles. The summed E-state index contributed by atoms with van der Waals surface area (Å²) in [6, 6.07) is 0. The van der Waals surface area contributed by atoms with Crippen LogP contribution >= 0.6 is 0 Å². The van der Waals surface area contributed by atoms with Crippen LogP contribution in [0.4, 0.5) is 0 Å². The number of aliphatic hydroxyl groups excluding tert-OH is 2. The first-order chi connectivity index (χ1) is 16.1. The zero-order chi connectivity index (χ0) is 24.8. The van der Waals surface area contributed by atoms with Crippen LogP contribution in [-0.4, -0.2) is 71.9 Å². The van der Waals surface area contributed by atoms with Gasteiger partial charge in [-0.3, -0.25) is 0 Å².